The molecule has 0 saturated carbocycles. The molecule has 1 aliphatic rings. The maximum absolute atomic E-state index is 12.7. The summed E-state index contributed by atoms with van der Waals surface area (Å²) in [5.74, 6) is 0.656. The number of para-hydroxylation sites is 1. The van der Waals surface area contributed by atoms with Gasteiger partial charge in [-0.15, -0.1) is 0 Å². The van der Waals surface area contributed by atoms with Crippen LogP contribution in [0.25, 0.3) is 0 Å². The minimum Gasteiger partial charge on any atom is -0.353 e. The summed E-state index contributed by atoms with van der Waals surface area (Å²) in [6, 6.07) is 11.5. The lowest BCUT2D eigenvalue weighted by atomic mass is 9.86. The maximum atomic E-state index is 12.7. The number of anilines is 2. The number of carbonyl (C=O) groups excluding carboxylic acids is 2. The van der Waals surface area contributed by atoms with Crippen molar-refractivity contribution >= 4 is 23.8 Å². The molecule has 1 fully saturated rings. The van der Waals surface area contributed by atoms with Gasteiger partial charge in [0.2, 0.25) is 6.41 Å². The van der Waals surface area contributed by atoms with Crippen molar-refractivity contribution in [3.8, 4) is 0 Å². The molecule has 2 amide bonds. The summed E-state index contributed by atoms with van der Waals surface area (Å²) >= 11 is 0. The number of rotatable bonds is 4. The van der Waals surface area contributed by atoms with E-state index in [0.717, 1.165) is 36.6 Å². The third-order valence-electron chi connectivity index (χ3n) is 4.78. The highest BCUT2D eigenvalue weighted by Gasteiger charge is 2.20. The van der Waals surface area contributed by atoms with E-state index in [0.29, 0.717) is 18.7 Å². The molecule has 3 rings (SSSR count). The minimum absolute atomic E-state index is 0.0599. The lowest BCUT2D eigenvalue weighted by Crippen LogP contribution is -2.46. The highest BCUT2D eigenvalue weighted by molar-refractivity contribution is 6.04. The average molecular weight is 366 g/mol. The van der Waals surface area contributed by atoms with Crippen LogP contribution in [0.2, 0.25) is 0 Å². The van der Waals surface area contributed by atoms with Gasteiger partial charge < -0.3 is 15.1 Å². The van der Waals surface area contributed by atoms with Crippen molar-refractivity contribution in [2.24, 2.45) is 0 Å². The molecule has 1 aliphatic heterocycles. The van der Waals surface area contributed by atoms with Crippen molar-refractivity contribution in [3.05, 3.63) is 53.7 Å². The topological polar surface area (TPSA) is 65.5 Å². The average Bonchev–Trinajstić information content (AvgIpc) is 2.68. The number of hydrogen-bond acceptors (Lipinski definition) is 4. The maximum Gasteiger partial charge on any atom is 0.257 e. The number of piperazine rings is 1. The van der Waals surface area contributed by atoms with Gasteiger partial charge in [-0.25, -0.2) is 4.98 Å². The summed E-state index contributed by atoms with van der Waals surface area (Å²) < 4.78 is 0. The molecule has 1 aromatic carbocycles. The van der Waals surface area contributed by atoms with Crippen molar-refractivity contribution in [1.82, 2.24) is 9.88 Å². The van der Waals surface area contributed by atoms with E-state index in [9.17, 15) is 9.59 Å². The molecule has 27 heavy (non-hydrogen) atoms. The first-order valence-corrected chi connectivity index (χ1v) is 9.20. The van der Waals surface area contributed by atoms with Crippen LogP contribution in [0.1, 0.15) is 36.7 Å². The van der Waals surface area contributed by atoms with Gasteiger partial charge in [-0.2, -0.15) is 0 Å². The van der Waals surface area contributed by atoms with Crippen LogP contribution in [0.5, 0.6) is 0 Å². The lowest BCUT2D eigenvalue weighted by Gasteiger charge is -2.33. The highest BCUT2D eigenvalue weighted by Crippen LogP contribution is 2.29. The molecule has 0 spiro atoms. The molecule has 2 heterocycles. The van der Waals surface area contributed by atoms with E-state index >= 15 is 0 Å². The Hall–Kier alpha value is -2.89. The van der Waals surface area contributed by atoms with E-state index in [1.165, 1.54) is 0 Å². The van der Waals surface area contributed by atoms with E-state index in [4.69, 9.17) is 0 Å². The Morgan fingerprint density at radius 1 is 1.07 bits per heavy atom. The van der Waals surface area contributed by atoms with Crippen molar-refractivity contribution in [2.75, 3.05) is 36.4 Å². The quantitative estimate of drug-likeness (QED) is 0.845. The van der Waals surface area contributed by atoms with Crippen LogP contribution in [0.4, 0.5) is 11.5 Å². The fourth-order valence-corrected chi connectivity index (χ4v) is 3.20. The number of benzene rings is 1. The molecule has 1 aromatic heterocycles. The van der Waals surface area contributed by atoms with Crippen molar-refractivity contribution in [1.29, 1.82) is 0 Å². The number of hydrogen-bond donors (Lipinski definition) is 1. The van der Waals surface area contributed by atoms with Gasteiger partial charge in [0.25, 0.3) is 5.91 Å². The summed E-state index contributed by atoms with van der Waals surface area (Å²) in [5, 5.41) is 3.01. The molecule has 0 atom stereocenters. The highest BCUT2D eigenvalue weighted by atomic mass is 16.1. The van der Waals surface area contributed by atoms with Gasteiger partial charge >= 0.3 is 0 Å². The van der Waals surface area contributed by atoms with Crippen LogP contribution >= 0.6 is 0 Å². The smallest absolute Gasteiger partial charge is 0.257 e. The molecule has 142 valence electrons. The second-order valence-corrected chi connectivity index (χ2v) is 7.78. The zero-order chi connectivity index (χ0) is 19.4. The molecule has 0 unspecified atom stereocenters. The monoisotopic (exact) mass is 366 g/mol. The van der Waals surface area contributed by atoms with E-state index in [2.05, 4.69) is 36.0 Å². The first-order chi connectivity index (χ1) is 12.9. The van der Waals surface area contributed by atoms with E-state index in [-0.39, 0.29) is 11.3 Å². The third kappa shape index (κ3) is 4.45. The Kier molecular flexibility index (Phi) is 5.44. The third-order valence-corrected chi connectivity index (χ3v) is 4.78. The Morgan fingerprint density at radius 3 is 2.37 bits per heavy atom. The first kappa shape index (κ1) is 18.9. The Labute approximate surface area is 160 Å². The van der Waals surface area contributed by atoms with E-state index in [1.54, 1.807) is 17.2 Å². The molecule has 0 radical (unpaired) electrons. The molecule has 1 N–H and O–H groups in total. The summed E-state index contributed by atoms with van der Waals surface area (Å²) in [6.45, 7) is 9.25. The number of nitrogens with one attached hydrogen (secondary N) is 1. The number of nitrogens with zero attached hydrogens (tertiary/aromatic N) is 3. The predicted molar refractivity (Wildman–Crippen MR) is 107 cm³/mol. The van der Waals surface area contributed by atoms with Gasteiger partial charge in [-0.05, 0) is 29.2 Å². The van der Waals surface area contributed by atoms with Crippen LogP contribution in [0.15, 0.2) is 42.6 Å². The fourth-order valence-electron chi connectivity index (χ4n) is 3.20. The Bertz CT molecular complexity index is 804. The number of pyridine rings is 1. The molecule has 2 aromatic rings. The molecular formula is C21H26N4O2. The zero-order valence-corrected chi connectivity index (χ0v) is 16.1. The minimum atomic E-state index is -0.170. The second kappa shape index (κ2) is 7.78. The van der Waals surface area contributed by atoms with Crippen molar-refractivity contribution in [2.45, 2.75) is 26.2 Å². The molecule has 1 saturated heterocycles. The zero-order valence-electron chi connectivity index (χ0n) is 16.1. The molecular weight excluding hydrogens is 340 g/mol. The number of amides is 2. The van der Waals surface area contributed by atoms with Crippen LogP contribution in [-0.2, 0) is 10.2 Å². The first-order valence-electron chi connectivity index (χ1n) is 9.20. The number of carbonyl (C=O) groups is 2. The molecule has 6 heteroatoms. The van der Waals surface area contributed by atoms with Crippen LogP contribution in [0.3, 0.4) is 0 Å². The predicted octanol–water partition coefficient (Wildman–Crippen LogP) is 2.91. The summed E-state index contributed by atoms with van der Waals surface area (Å²) in [6.07, 6.45) is 2.49. The van der Waals surface area contributed by atoms with Crippen LogP contribution in [0, 0.1) is 0 Å². The molecule has 6 nitrogen and oxygen atoms in total. The fraction of sp³-hybridized carbons (Fsp3) is 0.381. The summed E-state index contributed by atoms with van der Waals surface area (Å²) in [5.41, 5.74) is 2.38. The second-order valence-electron chi connectivity index (χ2n) is 7.78. The summed E-state index contributed by atoms with van der Waals surface area (Å²) in [7, 11) is 0. The SMILES string of the molecule is CC(C)(C)c1ccccc1NC(=O)c1ccc(N2CCN(C=O)CC2)nc1. The normalized spacial score (nSPS) is 14.8. The van der Waals surface area contributed by atoms with Gasteiger partial charge in [0.05, 0.1) is 5.56 Å². The van der Waals surface area contributed by atoms with Crippen LogP contribution in [-0.4, -0.2) is 48.4 Å². The van der Waals surface area contributed by atoms with Gasteiger partial charge in [0, 0.05) is 38.1 Å². The Morgan fingerprint density at radius 2 is 1.78 bits per heavy atom. The largest absolute Gasteiger partial charge is 0.353 e. The molecule has 0 aliphatic carbocycles. The van der Waals surface area contributed by atoms with Crippen LogP contribution < -0.4 is 10.2 Å². The van der Waals surface area contributed by atoms with Crippen molar-refractivity contribution < 1.29 is 9.59 Å². The van der Waals surface area contributed by atoms with Gasteiger partial charge in [-0.3, -0.25) is 9.59 Å². The van der Waals surface area contributed by atoms with Gasteiger partial charge in [-0.1, -0.05) is 39.0 Å². The van der Waals surface area contributed by atoms with E-state index in [1.807, 2.05) is 30.3 Å². The lowest BCUT2D eigenvalue weighted by molar-refractivity contribution is -0.118. The van der Waals surface area contributed by atoms with E-state index < -0.39 is 0 Å². The molecule has 0 bridgehead atoms. The standard InChI is InChI=1S/C21H26N4O2/c1-21(2,3)17-6-4-5-7-18(17)23-20(27)16-8-9-19(22-14-16)25-12-10-24(15-26)11-13-25/h4-9,14-15H,10-13H2,1-3H3,(H,23,27). The summed E-state index contributed by atoms with van der Waals surface area (Å²) in [4.78, 5) is 31.8. The number of aromatic nitrogens is 1. The Balaban J connectivity index is 1.69. The van der Waals surface area contributed by atoms with Crippen molar-refractivity contribution in [3.63, 3.8) is 0 Å². The van der Waals surface area contributed by atoms with Gasteiger partial charge in [0.1, 0.15) is 5.82 Å². The van der Waals surface area contributed by atoms with Gasteiger partial charge in [0.15, 0.2) is 0 Å².